The van der Waals surface area contributed by atoms with Gasteiger partial charge in [-0.05, 0) is 31.0 Å². The maximum Gasteiger partial charge on any atom is 0.416 e. The molecule has 1 aliphatic heterocycles. The molecule has 1 aliphatic rings. The summed E-state index contributed by atoms with van der Waals surface area (Å²) in [6.45, 7) is 0.888. The largest absolute Gasteiger partial charge is 0.416 e. The number of alkyl halides is 3. The Morgan fingerprint density at radius 2 is 2.10 bits per heavy atom. The van der Waals surface area contributed by atoms with Gasteiger partial charge in [0.1, 0.15) is 0 Å². The van der Waals surface area contributed by atoms with Crippen LogP contribution in [-0.2, 0) is 12.6 Å². The Balaban J connectivity index is 1.81. The van der Waals surface area contributed by atoms with Gasteiger partial charge in [-0.15, -0.1) is 0 Å². The van der Waals surface area contributed by atoms with Crippen LogP contribution in [0.4, 0.5) is 13.2 Å². The van der Waals surface area contributed by atoms with E-state index in [-0.39, 0.29) is 23.9 Å². The highest BCUT2D eigenvalue weighted by molar-refractivity contribution is 5.31. The summed E-state index contributed by atoms with van der Waals surface area (Å²) in [5.74, 6) is 0.724. The number of hydrogen-bond acceptors (Lipinski definition) is 4. The molecule has 1 aromatic carbocycles. The van der Waals surface area contributed by atoms with Crippen LogP contribution in [0.5, 0.6) is 0 Å². The molecule has 1 unspecified atom stereocenters. The minimum absolute atomic E-state index is 0.00586. The van der Waals surface area contributed by atoms with Crippen molar-refractivity contribution in [3.8, 4) is 0 Å². The number of benzene rings is 1. The molecule has 3 rings (SSSR count). The maximum absolute atomic E-state index is 12.9. The van der Waals surface area contributed by atoms with Crippen LogP contribution in [-0.4, -0.2) is 16.7 Å². The van der Waals surface area contributed by atoms with Crippen molar-refractivity contribution in [2.75, 3.05) is 6.54 Å². The Bertz CT molecular complexity index is 618. The fourth-order valence-electron chi connectivity index (χ4n) is 2.50. The first-order valence-electron chi connectivity index (χ1n) is 6.75. The van der Waals surface area contributed by atoms with Gasteiger partial charge in [-0.25, -0.2) is 0 Å². The Kier molecular flexibility index (Phi) is 3.67. The van der Waals surface area contributed by atoms with E-state index in [0.29, 0.717) is 5.89 Å². The lowest BCUT2D eigenvalue weighted by molar-refractivity contribution is -0.138. The summed E-state index contributed by atoms with van der Waals surface area (Å²) in [4.78, 5) is 4.20. The zero-order valence-corrected chi connectivity index (χ0v) is 11.2. The summed E-state index contributed by atoms with van der Waals surface area (Å²) >= 11 is 0. The summed E-state index contributed by atoms with van der Waals surface area (Å²) in [6, 6.07) is 5.46. The van der Waals surface area contributed by atoms with Gasteiger partial charge in [0.2, 0.25) is 5.89 Å². The minimum atomic E-state index is -4.38. The molecule has 7 heteroatoms. The zero-order chi connectivity index (χ0) is 14.9. The van der Waals surface area contributed by atoms with Crippen LogP contribution in [0, 0.1) is 0 Å². The van der Waals surface area contributed by atoms with Crippen LogP contribution in [0.1, 0.15) is 41.7 Å². The molecular formula is C14H14F3N3O. The first-order chi connectivity index (χ1) is 10.0. The molecule has 1 aromatic heterocycles. The van der Waals surface area contributed by atoms with Crippen molar-refractivity contribution in [3.63, 3.8) is 0 Å². The lowest BCUT2D eigenvalue weighted by Crippen LogP contribution is -2.13. The Hall–Kier alpha value is -1.89. The monoisotopic (exact) mass is 297 g/mol. The molecule has 0 spiro atoms. The lowest BCUT2D eigenvalue weighted by atomic mass is 10.0. The van der Waals surface area contributed by atoms with Gasteiger partial charge in [0.25, 0.3) is 0 Å². The van der Waals surface area contributed by atoms with Gasteiger partial charge >= 0.3 is 6.18 Å². The molecule has 1 atom stereocenters. The van der Waals surface area contributed by atoms with Crippen LogP contribution < -0.4 is 5.32 Å². The van der Waals surface area contributed by atoms with E-state index >= 15 is 0 Å². The molecule has 1 saturated heterocycles. The molecule has 0 bridgehead atoms. The van der Waals surface area contributed by atoms with Crippen LogP contribution in [0.2, 0.25) is 0 Å². The summed E-state index contributed by atoms with van der Waals surface area (Å²) in [5.41, 5.74) is -0.507. The van der Waals surface area contributed by atoms with Crippen molar-refractivity contribution in [1.29, 1.82) is 0 Å². The van der Waals surface area contributed by atoms with E-state index in [4.69, 9.17) is 4.52 Å². The molecule has 21 heavy (non-hydrogen) atoms. The first kappa shape index (κ1) is 14.1. The quantitative estimate of drug-likeness (QED) is 0.946. The second-order valence-electron chi connectivity index (χ2n) is 5.03. The van der Waals surface area contributed by atoms with E-state index < -0.39 is 11.7 Å². The Morgan fingerprint density at radius 3 is 2.81 bits per heavy atom. The second kappa shape index (κ2) is 5.48. The highest BCUT2D eigenvalue weighted by Crippen LogP contribution is 2.32. The second-order valence-corrected chi connectivity index (χ2v) is 5.03. The van der Waals surface area contributed by atoms with E-state index in [9.17, 15) is 13.2 Å². The fourth-order valence-corrected chi connectivity index (χ4v) is 2.50. The van der Waals surface area contributed by atoms with Crippen LogP contribution in [0.25, 0.3) is 0 Å². The van der Waals surface area contributed by atoms with Crippen molar-refractivity contribution in [2.45, 2.75) is 31.5 Å². The number of nitrogens with zero attached hydrogens (tertiary/aromatic N) is 2. The average Bonchev–Trinajstić information content (AvgIpc) is 3.08. The van der Waals surface area contributed by atoms with E-state index in [2.05, 4.69) is 15.5 Å². The van der Waals surface area contributed by atoms with Gasteiger partial charge in [0.15, 0.2) is 5.82 Å². The van der Waals surface area contributed by atoms with Crippen molar-refractivity contribution < 1.29 is 17.7 Å². The summed E-state index contributed by atoms with van der Waals surface area (Å²) in [7, 11) is 0. The summed E-state index contributed by atoms with van der Waals surface area (Å²) in [5, 5.41) is 7.00. The van der Waals surface area contributed by atoms with E-state index in [1.807, 2.05) is 0 Å². The molecular weight excluding hydrogens is 283 g/mol. The number of hydrogen-bond donors (Lipinski definition) is 1. The van der Waals surface area contributed by atoms with E-state index in [1.54, 1.807) is 6.07 Å². The van der Waals surface area contributed by atoms with Crippen molar-refractivity contribution in [2.24, 2.45) is 0 Å². The number of aromatic nitrogens is 2. The predicted molar refractivity (Wildman–Crippen MR) is 68.5 cm³/mol. The Labute approximate surface area is 119 Å². The van der Waals surface area contributed by atoms with Crippen molar-refractivity contribution in [3.05, 3.63) is 47.1 Å². The van der Waals surface area contributed by atoms with Gasteiger partial charge in [-0.3, -0.25) is 0 Å². The number of nitrogens with one attached hydrogen (secondary N) is 1. The third-order valence-corrected chi connectivity index (χ3v) is 3.51. The smallest absolute Gasteiger partial charge is 0.338 e. The topological polar surface area (TPSA) is 51.0 Å². The molecule has 0 saturated carbocycles. The Morgan fingerprint density at radius 1 is 1.29 bits per heavy atom. The predicted octanol–water partition coefficient (Wildman–Crippen LogP) is 3.10. The van der Waals surface area contributed by atoms with E-state index in [1.165, 1.54) is 12.1 Å². The van der Waals surface area contributed by atoms with Gasteiger partial charge in [0, 0.05) is 6.42 Å². The lowest BCUT2D eigenvalue weighted by Gasteiger charge is -2.10. The highest BCUT2D eigenvalue weighted by atomic mass is 19.4. The molecule has 0 radical (unpaired) electrons. The highest BCUT2D eigenvalue weighted by Gasteiger charge is 2.33. The van der Waals surface area contributed by atoms with E-state index in [0.717, 1.165) is 25.5 Å². The first-order valence-corrected chi connectivity index (χ1v) is 6.75. The minimum Gasteiger partial charge on any atom is -0.338 e. The van der Waals surface area contributed by atoms with Crippen molar-refractivity contribution in [1.82, 2.24) is 15.5 Å². The molecule has 2 aromatic rings. The fraction of sp³-hybridized carbons (Fsp3) is 0.429. The molecule has 1 N–H and O–H groups in total. The van der Waals surface area contributed by atoms with Gasteiger partial charge in [-0.1, -0.05) is 23.4 Å². The summed E-state index contributed by atoms with van der Waals surface area (Å²) in [6.07, 6.45) is -2.44. The number of rotatable bonds is 3. The van der Waals surface area contributed by atoms with Gasteiger partial charge in [0.05, 0.1) is 11.6 Å². The van der Waals surface area contributed by atoms with Crippen LogP contribution >= 0.6 is 0 Å². The molecule has 0 aliphatic carbocycles. The summed E-state index contributed by atoms with van der Waals surface area (Å²) < 4.78 is 43.9. The SMILES string of the molecule is FC(F)(F)c1ccccc1Cc1noc(C2CCCN2)n1. The van der Waals surface area contributed by atoms with Gasteiger partial charge < -0.3 is 9.84 Å². The van der Waals surface area contributed by atoms with Gasteiger partial charge in [-0.2, -0.15) is 18.2 Å². The third-order valence-electron chi connectivity index (χ3n) is 3.51. The van der Waals surface area contributed by atoms with Crippen molar-refractivity contribution >= 4 is 0 Å². The zero-order valence-electron chi connectivity index (χ0n) is 11.2. The number of halogens is 3. The van der Waals surface area contributed by atoms with Crippen LogP contribution in [0.15, 0.2) is 28.8 Å². The normalized spacial score (nSPS) is 19.1. The molecule has 112 valence electrons. The average molecular weight is 297 g/mol. The molecule has 0 amide bonds. The van der Waals surface area contributed by atoms with Crippen LogP contribution in [0.3, 0.4) is 0 Å². The standard InChI is InChI=1S/C14H14F3N3O/c15-14(16,17)10-5-2-1-4-9(10)8-12-19-13(21-20-12)11-6-3-7-18-11/h1-2,4-5,11,18H,3,6-8H2. The molecule has 1 fully saturated rings. The molecule has 4 nitrogen and oxygen atoms in total. The molecule has 2 heterocycles. The maximum atomic E-state index is 12.9. The third kappa shape index (κ3) is 3.07.